The molecule has 0 atom stereocenters. The minimum atomic E-state index is 0.885. The van der Waals surface area contributed by atoms with E-state index in [2.05, 4.69) is 18.0 Å². The van der Waals surface area contributed by atoms with Gasteiger partial charge in [0.15, 0.2) is 0 Å². The molecule has 7 heavy (non-hydrogen) atoms. The molecule has 1 heterocycles. The van der Waals surface area contributed by atoms with Crippen molar-refractivity contribution in [1.82, 2.24) is 0 Å². The van der Waals surface area contributed by atoms with Crippen molar-refractivity contribution < 1.29 is 0 Å². The molecular formula is C6H8N. The molecule has 0 saturated heterocycles. The van der Waals surface area contributed by atoms with Crippen molar-refractivity contribution in [2.75, 3.05) is 6.54 Å². The molecule has 0 amide bonds. The number of allylic oxidation sites excluding steroid dienone is 1. The van der Waals surface area contributed by atoms with Gasteiger partial charge in [-0.2, -0.15) is 0 Å². The van der Waals surface area contributed by atoms with Crippen molar-refractivity contribution in [3.8, 4) is 0 Å². The van der Waals surface area contributed by atoms with E-state index < -0.39 is 0 Å². The van der Waals surface area contributed by atoms with E-state index in [4.69, 9.17) is 0 Å². The Kier molecular flexibility index (Phi) is 1.25. The first kappa shape index (κ1) is 4.57. The Bertz CT molecular complexity index is 103. The van der Waals surface area contributed by atoms with Crippen LogP contribution in [0.15, 0.2) is 17.1 Å². The second-order valence-electron chi connectivity index (χ2n) is 1.70. The van der Waals surface area contributed by atoms with Crippen molar-refractivity contribution in [3.05, 3.63) is 18.1 Å². The lowest BCUT2D eigenvalue weighted by Gasteiger charge is -2.01. The number of dihydropyridines is 1. The average Bonchev–Trinajstić information content (AvgIpc) is 1.69. The van der Waals surface area contributed by atoms with E-state index in [9.17, 15) is 0 Å². The second kappa shape index (κ2) is 1.92. The maximum atomic E-state index is 4.01. The van der Waals surface area contributed by atoms with Gasteiger partial charge in [-0.05, 0) is 6.08 Å². The van der Waals surface area contributed by atoms with Crippen molar-refractivity contribution in [1.29, 1.82) is 0 Å². The third-order valence-electron chi connectivity index (χ3n) is 0.913. The normalized spacial score (nSPS) is 20.7. The highest BCUT2D eigenvalue weighted by Gasteiger charge is 1.95. The summed E-state index contributed by atoms with van der Waals surface area (Å²) in [5.41, 5.74) is 0. The summed E-state index contributed by atoms with van der Waals surface area (Å²) < 4.78 is 0. The maximum Gasteiger partial charge on any atom is 0.0486 e. The van der Waals surface area contributed by atoms with Crippen LogP contribution in [0, 0.1) is 5.92 Å². The molecule has 0 saturated carbocycles. The topological polar surface area (TPSA) is 12.4 Å². The fraction of sp³-hybridized carbons (Fsp3) is 0.333. The first-order valence-corrected chi connectivity index (χ1v) is 2.38. The summed E-state index contributed by atoms with van der Waals surface area (Å²) in [5, 5.41) is 0. The van der Waals surface area contributed by atoms with E-state index in [1.165, 1.54) is 5.92 Å². The molecular weight excluding hydrogens is 86.1 g/mol. The lowest BCUT2D eigenvalue weighted by Crippen LogP contribution is -1.95. The zero-order valence-corrected chi connectivity index (χ0v) is 4.39. The van der Waals surface area contributed by atoms with Gasteiger partial charge in [0, 0.05) is 18.7 Å². The summed E-state index contributed by atoms with van der Waals surface area (Å²) in [6, 6.07) is 0. The van der Waals surface area contributed by atoms with Crippen LogP contribution in [0.1, 0.15) is 6.92 Å². The minimum Gasteiger partial charge on any atom is -0.292 e. The van der Waals surface area contributed by atoms with Crippen LogP contribution in [-0.4, -0.2) is 12.8 Å². The van der Waals surface area contributed by atoms with Crippen LogP contribution >= 0.6 is 0 Å². The van der Waals surface area contributed by atoms with Crippen LogP contribution in [0.5, 0.6) is 0 Å². The van der Waals surface area contributed by atoms with Gasteiger partial charge in [-0.15, -0.1) is 0 Å². The molecule has 1 aliphatic heterocycles. The summed E-state index contributed by atoms with van der Waals surface area (Å²) >= 11 is 0. The van der Waals surface area contributed by atoms with Gasteiger partial charge >= 0.3 is 0 Å². The van der Waals surface area contributed by atoms with Gasteiger partial charge in [0.25, 0.3) is 0 Å². The summed E-state index contributed by atoms with van der Waals surface area (Å²) in [5.74, 6) is 1.34. The Hall–Kier alpha value is -0.590. The molecule has 0 aliphatic carbocycles. The van der Waals surface area contributed by atoms with E-state index in [0.717, 1.165) is 6.54 Å². The molecule has 0 aromatic heterocycles. The van der Waals surface area contributed by atoms with Gasteiger partial charge in [0.05, 0.1) is 0 Å². The predicted molar refractivity (Wildman–Crippen MR) is 31.4 cm³/mol. The average molecular weight is 94.1 g/mol. The van der Waals surface area contributed by atoms with Gasteiger partial charge in [-0.25, -0.2) is 0 Å². The third kappa shape index (κ3) is 1.15. The maximum absolute atomic E-state index is 4.01. The Morgan fingerprint density at radius 1 is 1.71 bits per heavy atom. The van der Waals surface area contributed by atoms with Crippen LogP contribution in [-0.2, 0) is 0 Å². The molecule has 1 nitrogen and oxygen atoms in total. The molecule has 0 N–H and O–H groups in total. The monoisotopic (exact) mass is 94.1 g/mol. The van der Waals surface area contributed by atoms with Crippen molar-refractivity contribution in [2.24, 2.45) is 4.99 Å². The van der Waals surface area contributed by atoms with Gasteiger partial charge < -0.3 is 0 Å². The predicted octanol–water partition coefficient (Wildman–Crippen LogP) is 1.22. The van der Waals surface area contributed by atoms with E-state index in [-0.39, 0.29) is 0 Å². The lowest BCUT2D eigenvalue weighted by molar-refractivity contribution is 1.02. The zero-order chi connectivity index (χ0) is 5.11. The van der Waals surface area contributed by atoms with Gasteiger partial charge in [0.2, 0.25) is 0 Å². The van der Waals surface area contributed by atoms with Crippen LogP contribution < -0.4 is 0 Å². The zero-order valence-electron chi connectivity index (χ0n) is 4.39. The molecule has 1 rings (SSSR count). The van der Waals surface area contributed by atoms with Crippen LogP contribution in [0.2, 0.25) is 0 Å². The largest absolute Gasteiger partial charge is 0.292 e. The van der Waals surface area contributed by atoms with E-state index in [0.29, 0.717) is 0 Å². The van der Waals surface area contributed by atoms with E-state index >= 15 is 0 Å². The number of nitrogens with zero attached hydrogens (tertiary/aromatic N) is 1. The van der Waals surface area contributed by atoms with Gasteiger partial charge in [0.1, 0.15) is 0 Å². The molecule has 0 aromatic carbocycles. The molecule has 1 heteroatoms. The highest BCUT2D eigenvalue weighted by Crippen LogP contribution is 2.02. The fourth-order valence-electron chi connectivity index (χ4n) is 0.518. The first-order valence-electron chi connectivity index (χ1n) is 2.38. The number of rotatable bonds is 0. The summed E-state index contributed by atoms with van der Waals surface area (Å²) in [7, 11) is 0. The molecule has 0 unspecified atom stereocenters. The Labute approximate surface area is 43.8 Å². The number of hydrogen-bond donors (Lipinski definition) is 0. The SMILES string of the molecule is C[C]1C=CC=NC1. The third-order valence-corrected chi connectivity index (χ3v) is 0.913. The van der Waals surface area contributed by atoms with E-state index in [1.54, 1.807) is 0 Å². The smallest absolute Gasteiger partial charge is 0.0486 e. The summed E-state index contributed by atoms with van der Waals surface area (Å²) in [6.45, 7) is 2.96. The Morgan fingerprint density at radius 2 is 2.57 bits per heavy atom. The van der Waals surface area contributed by atoms with Crippen molar-refractivity contribution >= 4 is 6.21 Å². The van der Waals surface area contributed by atoms with Crippen LogP contribution in [0.4, 0.5) is 0 Å². The van der Waals surface area contributed by atoms with Crippen LogP contribution in [0.3, 0.4) is 0 Å². The Morgan fingerprint density at radius 3 is 2.86 bits per heavy atom. The van der Waals surface area contributed by atoms with Gasteiger partial charge in [-0.1, -0.05) is 13.0 Å². The summed E-state index contributed by atoms with van der Waals surface area (Å²) in [4.78, 5) is 4.01. The molecule has 1 aliphatic rings. The minimum absolute atomic E-state index is 0.885. The Balaban J connectivity index is 2.49. The van der Waals surface area contributed by atoms with Crippen molar-refractivity contribution in [2.45, 2.75) is 6.92 Å². The second-order valence-corrected chi connectivity index (χ2v) is 1.70. The molecule has 1 radical (unpaired) electrons. The summed E-state index contributed by atoms with van der Waals surface area (Å²) in [6.07, 6.45) is 5.86. The standard InChI is InChI=1S/C6H8N/c1-6-3-2-4-7-5-6/h2-4H,5H2,1H3. The highest BCUT2D eigenvalue weighted by molar-refractivity contribution is 5.73. The fourth-order valence-corrected chi connectivity index (χ4v) is 0.518. The molecule has 37 valence electrons. The van der Waals surface area contributed by atoms with Crippen LogP contribution in [0.25, 0.3) is 0 Å². The quantitative estimate of drug-likeness (QED) is 0.428. The molecule has 0 bridgehead atoms. The molecule has 0 spiro atoms. The van der Waals surface area contributed by atoms with Gasteiger partial charge in [-0.3, -0.25) is 4.99 Å². The molecule has 0 aromatic rings. The van der Waals surface area contributed by atoms with E-state index in [1.807, 2.05) is 12.3 Å². The number of hydrogen-bond acceptors (Lipinski definition) is 1. The number of aliphatic imine (C=N–C) groups is 1. The van der Waals surface area contributed by atoms with Crippen molar-refractivity contribution in [3.63, 3.8) is 0 Å². The first-order chi connectivity index (χ1) is 3.39. The lowest BCUT2D eigenvalue weighted by atomic mass is 10.1. The molecule has 0 fully saturated rings. The highest BCUT2D eigenvalue weighted by atomic mass is 14.7.